The van der Waals surface area contributed by atoms with Crippen LogP contribution >= 0.6 is 0 Å². The van der Waals surface area contributed by atoms with Crippen LogP contribution in [-0.4, -0.2) is 35.4 Å². The molecular weight excluding hydrogens is 269 g/mol. The topological polar surface area (TPSA) is 78.8 Å². The second kappa shape index (κ2) is 5.69. The molecule has 0 aliphatic heterocycles. The standard InChI is InChI=1S/C15H22BNO4/c1-14(2,3)21-13(18)17-10-15(8-9-15)11-4-6-12(7-5-11)16(19)20/h4-7,19-20H,8-10H2,1-3H3,(H,17,18). The van der Waals surface area contributed by atoms with Crippen molar-refractivity contribution < 1.29 is 19.6 Å². The van der Waals surface area contributed by atoms with Crippen LogP contribution in [-0.2, 0) is 10.2 Å². The molecule has 1 aliphatic rings. The summed E-state index contributed by atoms with van der Waals surface area (Å²) in [6.07, 6.45) is 1.60. The van der Waals surface area contributed by atoms with E-state index in [4.69, 9.17) is 14.8 Å². The zero-order valence-electron chi connectivity index (χ0n) is 12.7. The number of alkyl carbamates (subject to hydrolysis) is 1. The first-order valence-corrected chi connectivity index (χ1v) is 7.15. The van der Waals surface area contributed by atoms with E-state index in [0.29, 0.717) is 12.0 Å². The first-order valence-electron chi connectivity index (χ1n) is 7.15. The summed E-state index contributed by atoms with van der Waals surface area (Å²) in [5, 5.41) is 21.0. The van der Waals surface area contributed by atoms with Crippen molar-refractivity contribution in [2.45, 2.75) is 44.6 Å². The third kappa shape index (κ3) is 4.22. The third-order valence-electron chi connectivity index (χ3n) is 3.64. The second-order valence-electron chi connectivity index (χ2n) is 6.63. The molecule has 114 valence electrons. The SMILES string of the molecule is CC(C)(C)OC(=O)NCC1(c2ccc(B(O)O)cc2)CC1. The van der Waals surface area contributed by atoms with E-state index < -0.39 is 18.8 Å². The van der Waals surface area contributed by atoms with Crippen molar-refractivity contribution >= 4 is 18.7 Å². The summed E-state index contributed by atoms with van der Waals surface area (Å²) in [5.74, 6) is 0. The Balaban J connectivity index is 1.95. The fourth-order valence-electron chi connectivity index (χ4n) is 2.28. The predicted molar refractivity (Wildman–Crippen MR) is 81.4 cm³/mol. The quantitative estimate of drug-likeness (QED) is 0.721. The average molecular weight is 291 g/mol. The van der Waals surface area contributed by atoms with Crippen LogP contribution in [0, 0.1) is 0 Å². The van der Waals surface area contributed by atoms with E-state index in [1.54, 1.807) is 12.1 Å². The van der Waals surface area contributed by atoms with Gasteiger partial charge < -0.3 is 20.1 Å². The van der Waals surface area contributed by atoms with Gasteiger partial charge >= 0.3 is 13.2 Å². The van der Waals surface area contributed by atoms with Gasteiger partial charge in [0.1, 0.15) is 5.60 Å². The highest BCUT2D eigenvalue weighted by molar-refractivity contribution is 6.58. The monoisotopic (exact) mass is 291 g/mol. The van der Waals surface area contributed by atoms with E-state index in [2.05, 4.69) is 5.32 Å². The highest BCUT2D eigenvalue weighted by Gasteiger charge is 2.44. The summed E-state index contributed by atoms with van der Waals surface area (Å²) in [6.45, 7) is 6.03. The van der Waals surface area contributed by atoms with E-state index >= 15 is 0 Å². The Morgan fingerprint density at radius 2 is 1.86 bits per heavy atom. The van der Waals surface area contributed by atoms with Gasteiger partial charge in [0.2, 0.25) is 0 Å². The van der Waals surface area contributed by atoms with E-state index in [-0.39, 0.29) is 5.41 Å². The van der Waals surface area contributed by atoms with Crippen LogP contribution in [0.25, 0.3) is 0 Å². The van der Waals surface area contributed by atoms with Gasteiger partial charge in [0.15, 0.2) is 0 Å². The molecule has 1 aromatic rings. The van der Waals surface area contributed by atoms with Gasteiger partial charge in [0, 0.05) is 12.0 Å². The lowest BCUT2D eigenvalue weighted by molar-refractivity contribution is 0.0522. The Labute approximate surface area is 125 Å². The average Bonchev–Trinajstić information content (AvgIpc) is 3.16. The molecule has 1 aliphatic carbocycles. The highest BCUT2D eigenvalue weighted by Crippen LogP contribution is 2.47. The van der Waals surface area contributed by atoms with Crippen molar-refractivity contribution in [2.75, 3.05) is 6.54 Å². The van der Waals surface area contributed by atoms with Gasteiger partial charge in [0.25, 0.3) is 0 Å². The first kappa shape index (κ1) is 15.9. The number of carbonyl (C=O) groups excluding carboxylic acids is 1. The second-order valence-corrected chi connectivity index (χ2v) is 6.63. The summed E-state index contributed by atoms with van der Waals surface area (Å²) < 4.78 is 5.23. The fourth-order valence-corrected chi connectivity index (χ4v) is 2.28. The Kier molecular flexibility index (Phi) is 4.30. The highest BCUT2D eigenvalue weighted by atomic mass is 16.6. The molecular formula is C15H22BNO4. The fraction of sp³-hybridized carbons (Fsp3) is 0.533. The molecule has 1 fully saturated rings. The maximum Gasteiger partial charge on any atom is 0.488 e. The van der Waals surface area contributed by atoms with E-state index in [9.17, 15) is 4.79 Å². The van der Waals surface area contributed by atoms with Crippen LogP contribution in [0.1, 0.15) is 39.2 Å². The summed E-state index contributed by atoms with van der Waals surface area (Å²) in [6, 6.07) is 7.18. The molecule has 3 N–H and O–H groups in total. The molecule has 1 aromatic carbocycles. The maximum atomic E-state index is 11.7. The lowest BCUT2D eigenvalue weighted by atomic mass is 9.79. The minimum Gasteiger partial charge on any atom is -0.444 e. The van der Waals surface area contributed by atoms with Gasteiger partial charge in [-0.1, -0.05) is 24.3 Å². The maximum absolute atomic E-state index is 11.7. The van der Waals surface area contributed by atoms with Crippen LogP contribution in [0.2, 0.25) is 0 Å². The number of carbonyl (C=O) groups is 1. The Morgan fingerprint density at radius 3 is 2.29 bits per heavy atom. The number of rotatable bonds is 4. The largest absolute Gasteiger partial charge is 0.488 e. The van der Waals surface area contributed by atoms with Gasteiger partial charge in [-0.2, -0.15) is 0 Å². The number of amides is 1. The molecule has 5 nitrogen and oxygen atoms in total. The summed E-state index contributed by atoms with van der Waals surface area (Å²) in [4.78, 5) is 11.7. The molecule has 0 radical (unpaired) electrons. The Morgan fingerprint density at radius 1 is 1.29 bits per heavy atom. The van der Waals surface area contributed by atoms with Gasteiger partial charge in [-0.25, -0.2) is 4.79 Å². The van der Waals surface area contributed by atoms with Crippen molar-refractivity contribution in [3.63, 3.8) is 0 Å². The summed E-state index contributed by atoms with van der Waals surface area (Å²) in [5.41, 5.74) is 1.02. The number of nitrogens with one attached hydrogen (secondary N) is 1. The molecule has 2 rings (SSSR count). The van der Waals surface area contributed by atoms with Gasteiger partial charge in [-0.3, -0.25) is 0 Å². The van der Waals surface area contributed by atoms with E-state index in [0.717, 1.165) is 18.4 Å². The Hall–Kier alpha value is -1.53. The number of hydrogen-bond acceptors (Lipinski definition) is 4. The minimum atomic E-state index is -1.45. The van der Waals surface area contributed by atoms with Crippen molar-refractivity contribution in [2.24, 2.45) is 0 Å². The third-order valence-corrected chi connectivity index (χ3v) is 3.64. The number of hydrogen-bond donors (Lipinski definition) is 3. The number of benzene rings is 1. The minimum absolute atomic E-state index is 0.0458. The molecule has 0 heterocycles. The summed E-state index contributed by atoms with van der Waals surface area (Å²) >= 11 is 0. The van der Waals surface area contributed by atoms with Crippen LogP contribution < -0.4 is 10.8 Å². The lowest BCUT2D eigenvalue weighted by Gasteiger charge is -2.22. The molecule has 0 saturated heterocycles. The van der Waals surface area contributed by atoms with Crippen molar-refractivity contribution in [3.8, 4) is 0 Å². The van der Waals surface area contributed by atoms with Crippen LogP contribution in [0.15, 0.2) is 24.3 Å². The zero-order chi connectivity index (χ0) is 15.7. The van der Waals surface area contributed by atoms with Crippen molar-refractivity contribution in [1.29, 1.82) is 0 Å². The van der Waals surface area contributed by atoms with E-state index in [1.165, 1.54) is 0 Å². The zero-order valence-corrected chi connectivity index (χ0v) is 12.7. The lowest BCUT2D eigenvalue weighted by Crippen LogP contribution is -2.37. The normalized spacial score (nSPS) is 16.2. The van der Waals surface area contributed by atoms with Gasteiger partial charge in [-0.05, 0) is 44.6 Å². The van der Waals surface area contributed by atoms with Crippen LogP contribution in [0.3, 0.4) is 0 Å². The van der Waals surface area contributed by atoms with E-state index in [1.807, 2.05) is 32.9 Å². The molecule has 0 unspecified atom stereocenters. The molecule has 0 spiro atoms. The molecule has 0 bridgehead atoms. The molecule has 1 saturated carbocycles. The smallest absolute Gasteiger partial charge is 0.444 e. The van der Waals surface area contributed by atoms with Crippen LogP contribution in [0.4, 0.5) is 4.79 Å². The first-order chi connectivity index (χ1) is 9.72. The molecule has 0 atom stereocenters. The van der Waals surface area contributed by atoms with Gasteiger partial charge in [-0.15, -0.1) is 0 Å². The molecule has 21 heavy (non-hydrogen) atoms. The predicted octanol–water partition coefficient (Wildman–Crippen LogP) is 0.923. The van der Waals surface area contributed by atoms with Crippen molar-refractivity contribution in [3.05, 3.63) is 29.8 Å². The van der Waals surface area contributed by atoms with Crippen molar-refractivity contribution in [1.82, 2.24) is 5.32 Å². The molecule has 1 amide bonds. The van der Waals surface area contributed by atoms with Crippen LogP contribution in [0.5, 0.6) is 0 Å². The molecule has 0 aromatic heterocycles. The molecule has 6 heteroatoms. The number of ether oxygens (including phenoxy) is 1. The van der Waals surface area contributed by atoms with Gasteiger partial charge in [0.05, 0.1) is 0 Å². The Bertz CT molecular complexity index is 503. The summed E-state index contributed by atoms with van der Waals surface area (Å²) in [7, 11) is -1.45.